The first-order valence-corrected chi connectivity index (χ1v) is 15.7. The van der Waals surface area contributed by atoms with Crippen molar-refractivity contribution in [3.8, 4) is 0 Å². The molecule has 0 saturated heterocycles. The molecule has 0 amide bonds. The van der Waals surface area contributed by atoms with Crippen molar-refractivity contribution < 1.29 is 21.1 Å². The van der Waals surface area contributed by atoms with E-state index >= 15 is 0 Å². The maximum absolute atomic E-state index is 5.22. The molecule has 0 rings (SSSR count). The molecule has 0 aromatic carbocycles. The van der Waals surface area contributed by atoms with Crippen molar-refractivity contribution in [1.82, 2.24) is 0 Å². The molecule has 0 bridgehead atoms. The van der Waals surface area contributed by atoms with Gasteiger partial charge in [0.15, 0.2) is 0 Å². The number of halogens is 1. The van der Waals surface area contributed by atoms with E-state index in [0.717, 1.165) is 25.0 Å². The van der Waals surface area contributed by atoms with Crippen LogP contribution in [0.5, 0.6) is 0 Å². The summed E-state index contributed by atoms with van der Waals surface area (Å²) in [5, 5.41) is 0. The second-order valence-corrected chi connectivity index (χ2v) is 9.06. The molecule has 0 aromatic heterocycles. The summed E-state index contributed by atoms with van der Waals surface area (Å²) in [7, 11) is 0.431. The number of allylic oxidation sites excluding steroid dienone is 2. The summed E-state index contributed by atoms with van der Waals surface area (Å²) in [4.78, 5) is 0. The molecule has 0 saturated carbocycles. The van der Waals surface area contributed by atoms with Crippen LogP contribution >= 0.6 is 13.6 Å². The third-order valence-electron chi connectivity index (χ3n) is 1.64. The summed E-state index contributed by atoms with van der Waals surface area (Å²) >= 11 is 4.25. The normalized spacial score (nSPS) is 9.44. The Morgan fingerprint density at radius 2 is 2.06 bits per heavy atom. The molecular weight excluding hydrogens is 334 g/mol. The molecule has 0 unspecified atom stereocenters. The summed E-state index contributed by atoms with van der Waals surface area (Å²) in [6.45, 7) is 10.4. The van der Waals surface area contributed by atoms with Gasteiger partial charge in [0.05, 0.1) is 7.11 Å². The topological polar surface area (TPSA) is 9.23 Å². The van der Waals surface area contributed by atoms with Crippen molar-refractivity contribution in [2.24, 2.45) is 0 Å². The second-order valence-electron chi connectivity index (χ2n) is 4.31. The van der Waals surface area contributed by atoms with E-state index in [1.54, 1.807) is 7.11 Å². The number of methoxy groups -OCH3 is 1. The maximum atomic E-state index is 5.22. The number of rotatable bonds is 6. The number of hydrogen-bond donors (Lipinski definition) is 0. The van der Waals surface area contributed by atoms with Gasteiger partial charge in [0.25, 0.3) is 0 Å². The van der Waals surface area contributed by atoms with E-state index in [1.807, 2.05) is 6.08 Å². The van der Waals surface area contributed by atoms with Crippen LogP contribution in [0.25, 0.3) is 0 Å². The molecular formula is C12H21BrOSiZn. The van der Waals surface area contributed by atoms with Crippen LogP contribution in [0.15, 0.2) is 24.1 Å². The van der Waals surface area contributed by atoms with E-state index in [0.29, 0.717) is 0 Å². The predicted molar refractivity (Wildman–Crippen MR) is 73.6 cm³/mol. The molecule has 0 spiro atoms. The first-order chi connectivity index (χ1) is 7.49. The second kappa shape index (κ2) is 11.9. The molecule has 0 heterocycles. The fourth-order valence-corrected chi connectivity index (χ4v) is 1.39. The molecule has 0 aromatic rings. The van der Waals surface area contributed by atoms with Gasteiger partial charge in [-0.2, -0.15) is 0 Å². The third kappa shape index (κ3) is 14.4. The van der Waals surface area contributed by atoms with Crippen LogP contribution in [-0.4, -0.2) is 15.2 Å². The van der Waals surface area contributed by atoms with Crippen molar-refractivity contribution in [3.63, 3.8) is 0 Å². The summed E-state index contributed by atoms with van der Waals surface area (Å²) in [6.07, 6.45) is 4.97. The average Bonchev–Trinajstić information content (AvgIpc) is 2.25. The zero-order valence-electron chi connectivity index (χ0n) is 10.9. The van der Waals surface area contributed by atoms with Crippen LogP contribution < -0.4 is 0 Å². The van der Waals surface area contributed by atoms with Gasteiger partial charge in [-0.25, -0.2) is 5.70 Å². The summed E-state index contributed by atoms with van der Waals surface area (Å²) in [5.74, 6) is 0.911. The van der Waals surface area contributed by atoms with E-state index in [4.69, 9.17) is 4.74 Å². The Morgan fingerprint density at radius 1 is 1.50 bits per heavy atom. The molecule has 88 valence electrons. The van der Waals surface area contributed by atoms with Gasteiger partial charge in [-0.3, -0.25) is 5.73 Å². The van der Waals surface area contributed by atoms with Gasteiger partial charge in [0.2, 0.25) is 0 Å². The zero-order chi connectivity index (χ0) is 13.0. The van der Waals surface area contributed by atoms with Crippen LogP contribution in [0, 0.1) is 5.70 Å². The third-order valence-corrected chi connectivity index (χ3v) is 2.51. The van der Waals surface area contributed by atoms with E-state index in [9.17, 15) is 0 Å². The van der Waals surface area contributed by atoms with E-state index < -0.39 is 8.07 Å². The van der Waals surface area contributed by atoms with Crippen LogP contribution in [0.2, 0.25) is 19.6 Å². The zero-order valence-corrected chi connectivity index (χ0v) is 16.5. The first kappa shape index (κ1) is 18.7. The summed E-state index contributed by atoms with van der Waals surface area (Å²) in [5.41, 5.74) is 6.44. The Bertz CT molecular complexity index is 240. The van der Waals surface area contributed by atoms with Crippen LogP contribution in [0.1, 0.15) is 19.3 Å². The Morgan fingerprint density at radius 3 is 2.44 bits per heavy atom. The van der Waals surface area contributed by atoms with Gasteiger partial charge in [-0.05, 0) is 20.3 Å². The molecule has 16 heavy (non-hydrogen) atoms. The SMILES string of the molecule is C=CCCCC(=C=[C-][Si](C)(C)C)OC.[Zn+][Br]. The van der Waals surface area contributed by atoms with Gasteiger partial charge in [-0.1, -0.05) is 38.6 Å². The fraction of sp³-hybridized carbons (Fsp3) is 0.583. The minimum atomic E-state index is -1.27. The van der Waals surface area contributed by atoms with Crippen LogP contribution in [0.4, 0.5) is 0 Å². The quantitative estimate of drug-likeness (QED) is 0.170. The Kier molecular flexibility index (Phi) is 13.9. The van der Waals surface area contributed by atoms with Crippen LogP contribution in [0.3, 0.4) is 0 Å². The minimum absolute atomic E-state index is 0.911. The van der Waals surface area contributed by atoms with Gasteiger partial charge in [0.1, 0.15) is 0 Å². The Balaban J connectivity index is 0. The average molecular weight is 355 g/mol. The molecule has 0 aliphatic rings. The van der Waals surface area contributed by atoms with Crippen LogP contribution in [-0.2, 0) is 21.1 Å². The van der Waals surface area contributed by atoms with Crippen molar-refractivity contribution >= 4 is 21.7 Å². The monoisotopic (exact) mass is 352 g/mol. The van der Waals surface area contributed by atoms with Crippen molar-refractivity contribution in [3.05, 3.63) is 29.8 Å². The van der Waals surface area contributed by atoms with E-state index in [2.05, 4.69) is 51.3 Å². The van der Waals surface area contributed by atoms with Gasteiger partial charge < -0.3 is 4.74 Å². The fourth-order valence-electron chi connectivity index (χ4n) is 0.880. The van der Waals surface area contributed by atoms with Gasteiger partial charge >= 0.3 is 30.0 Å². The summed E-state index contributed by atoms with van der Waals surface area (Å²) < 4.78 is 5.22. The van der Waals surface area contributed by atoms with Crippen molar-refractivity contribution in [2.75, 3.05) is 7.11 Å². The van der Waals surface area contributed by atoms with E-state index in [-0.39, 0.29) is 0 Å². The molecule has 0 fully saturated rings. The number of unbranched alkanes of at least 4 members (excludes halogenated alkanes) is 1. The van der Waals surface area contributed by atoms with E-state index in [1.165, 1.54) is 16.3 Å². The number of ether oxygens (including phenoxy) is 1. The van der Waals surface area contributed by atoms with Crippen molar-refractivity contribution in [1.29, 1.82) is 0 Å². The molecule has 4 heteroatoms. The summed E-state index contributed by atoms with van der Waals surface area (Å²) in [6, 6.07) is 0. The molecule has 0 radical (unpaired) electrons. The van der Waals surface area contributed by atoms with Gasteiger partial charge in [-0.15, -0.1) is 6.58 Å². The standard InChI is InChI=1S/C12H21OSi.BrH.Zn/c1-6-7-8-9-12(13-2)10-11-14(3,4)5;;/h6H,1,7-9H2,2-5H3;1H;/q-1;;+2/p-1. The molecule has 0 aliphatic carbocycles. The molecule has 0 N–H and O–H groups in total. The molecule has 0 aliphatic heterocycles. The Labute approximate surface area is 118 Å². The first-order valence-electron chi connectivity index (χ1n) is 5.30. The number of hydrogen-bond acceptors (Lipinski definition) is 1. The molecule has 1 nitrogen and oxygen atoms in total. The molecule has 0 atom stereocenters. The van der Waals surface area contributed by atoms with Gasteiger partial charge in [0, 0.05) is 0 Å². The Hall–Kier alpha value is 0.380. The predicted octanol–water partition coefficient (Wildman–Crippen LogP) is 4.55. The van der Waals surface area contributed by atoms with Crippen molar-refractivity contribution in [2.45, 2.75) is 38.9 Å².